The molecule has 9 heteroatoms. The molecule has 0 radical (unpaired) electrons. The molecule has 0 saturated heterocycles. The second kappa shape index (κ2) is 16.3. The highest BCUT2D eigenvalue weighted by Gasteiger charge is 2.29. The van der Waals surface area contributed by atoms with Crippen LogP contribution in [0.15, 0.2) is 42.5 Å². The van der Waals surface area contributed by atoms with Crippen LogP contribution in [0.1, 0.15) is 91.6 Å². The van der Waals surface area contributed by atoms with E-state index in [0.717, 1.165) is 24.0 Å². The topological polar surface area (TPSA) is 113 Å². The first kappa shape index (κ1) is 33.1. The highest BCUT2D eigenvalue weighted by Crippen LogP contribution is 2.33. The van der Waals surface area contributed by atoms with Gasteiger partial charge in [-0.1, -0.05) is 75.8 Å². The Balaban J connectivity index is 2.00. The summed E-state index contributed by atoms with van der Waals surface area (Å²) in [6, 6.07) is 11.8. The summed E-state index contributed by atoms with van der Waals surface area (Å²) in [7, 11) is -3.51. The number of aryl methyl sites for hydroxylation is 1. The zero-order chi connectivity index (χ0) is 29.8. The van der Waals surface area contributed by atoms with Crippen LogP contribution in [-0.4, -0.2) is 55.7 Å². The minimum atomic E-state index is -3.51. The summed E-state index contributed by atoms with van der Waals surface area (Å²) < 4.78 is 27.2. The van der Waals surface area contributed by atoms with Crippen LogP contribution in [0.25, 0.3) is 11.1 Å². The van der Waals surface area contributed by atoms with E-state index in [9.17, 15) is 23.1 Å². The number of thioether (sulfide) groups is 1. The van der Waals surface area contributed by atoms with Crippen LogP contribution in [0.2, 0.25) is 0 Å². The Morgan fingerprint density at radius 2 is 1.80 bits per heavy atom. The van der Waals surface area contributed by atoms with Crippen LogP contribution < -0.4 is 10.6 Å². The van der Waals surface area contributed by atoms with Gasteiger partial charge in [-0.05, 0) is 85.0 Å². The third kappa shape index (κ3) is 9.58. The van der Waals surface area contributed by atoms with Gasteiger partial charge in [0.25, 0.3) is 5.91 Å². The molecule has 226 valence electrons. The van der Waals surface area contributed by atoms with Gasteiger partial charge in [0.1, 0.15) is 11.4 Å². The lowest BCUT2D eigenvalue weighted by Crippen LogP contribution is -2.41. The molecular weight excluding hydrogens is 556 g/mol. The van der Waals surface area contributed by atoms with Gasteiger partial charge in [0.15, 0.2) is 9.84 Å². The molecule has 0 aliphatic heterocycles. The molecule has 1 saturated carbocycles. The number of carboxylic acid groups (broad SMARTS) is 1. The summed E-state index contributed by atoms with van der Waals surface area (Å²) >= 11 is 1.52. The van der Waals surface area contributed by atoms with Gasteiger partial charge >= 0.3 is 5.97 Å². The molecule has 2 aromatic rings. The molecule has 1 aliphatic carbocycles. The van der Waals surface area contributed by atoms with Gasteiger partial charge in [-0.3, -0.25) is 10.1 Å². The number of amides is 1. The van der Waals surface area contributed by atoms with Crippen LogP contribution in [-0.2, 0) is 14.6 Å². The SMILES string of the molecule is CCCCS(=O)(=O)C(NCCC1CCCCC1)c1ccc(C(=O)NC(CCSC)C(=O)O)c(-c2ccccc2C)c1. The van der Waals surface area contributed by atoms with E-state index >= 15 is 0 Å². The molecule has 0 spiro atoms. The van der Waals surface area contributed by atoms with Crippen molar-refractivity contribution in [3.8, 4) is 11.1 Å². The molecule has 3 rings (SSSR count). The zero-order valence-corrected chi connectivity index (χ0v) is 26.3. The number of aliphatic carboxylic acids is 1. The number of carbonyl (C=O) groups excluding carboxylic acids is 1. The third-order valence-electron chi connectivity index (χ3n) is 7.99. The molecule has 7 nitrogen and oxygen atoms in total. The largest absolute Gasteiger partial charge is 0.480 e. The zero-order valence-electron chi connectivity index (χ0n) is 24.7. The van der Waals surface area contributed by atoms with E-state index in [0.29, 0.717) is 47.7 Å². The first-order chi connectivity index (χ1) is 19.7. The lowest BCUT2D eigenvalue weighted by Gasteiger charge is -2.25. The first-order valence-electron chi connectivity index (χ1n) is 14.9. The predicted molar refractivity (Wildman–Crippen MR) is 169 cm³/mol. The molecule has 2 atom stereocenters. The van der Waals surface area contributed by atoms with E-state index in [1.165, 1.54) is 43.9 Å². The van der Waals surface area contributed by atoms with Crippen molar-refractivity contribution in [2.75, 3.05) is 24.3 Å². The number of sulfone groups is 1. The van der Waals surface area contributed by atoms with E-state index in [2.05, 4.69) is 10.6 Å². The molecule has 0 heterocycles. The van der Waals surface area contributed by atoms with Crippen molar-refractivity contribution in [2.24, 2.45) is 5.92 Å². The van der Waals surface area contributed by atoms with E-state index in [4.69, 9.17) is 0 Å². The Morgan fingerprint density at radius 3 is 2.46 bits per heavy atom. The highest BCUT2D eigenvalue weighted by atomic mass is 32.2. The van der Waals surface area contributed by atoms with Crippen molar-refractivity contribution < 1.29 is 23.1 Å². The summed E-state index contributed by atoms with van der Waals surface area (Å²) in [5.74, 6) is -0.255. The normalized spacial score (nSPS) is 15.8. The van der Waals surface area contributed by atoms with E-state index in [-0.39, 0.29) is 5.75 Å². The molecule has 0 bridgehead atoms. The number of hydrogen-bond acceptors (Lipinski definition) is 6. The molecular formula is C32H46N2O5S2. The van der Waals surface area contributed by atoms with Crippen LogP contribution in [0.4, 0.5) is 0 Å². The Hall–Kier alpha value is -2.36. The van der Waals surface area contributed by atoms with Crippen LogP contribution in [0.5, 0.6) is 0 Å². The van der Waals surface area contributed by atoms with Crippen molar-refractivity contribution >= 4 is 33.5 Å². The number of carbonyl (C=O) groups is 2. The number of benzene rings is 2. The molecule has 1 amide bonds. The molecule has 1 aliphatic rings. The lowest BCUT2D eigenvalue weighted by molar-refractivity contribution is -0.139. The smallest absolute Gasteiger partial charge is 0.326 e. The van der Waals surface area contributed by atoms with Gasteiger partial charge in [0.2, 0.25) is 0 Å². The number of nitrogens with one attached hydrogen (secondary N) is 2. The van der Waals surface area contributed by atoms with Gasteiger partial charge in [-0.2, -0.15) is 11.8 Å². The predicted octanol–water partition coefficient (Wildman–Crippen LogP) is 6.37. The maximum atomic E-state index is 13.6. The number of hydrogen-bond donors (Lipinski definition) is 3. The number of carboxylic acids is 1. The standard InChI is InChI=1S/C32H46N2O5S2/c1-4-5-21-41(38,39)31(33-19-17-24-12-7-6-8-13-24)25-15-16-27(28(22-25)26-14-10-9-11-23(26)2)30(35)34-29(32(36)37)18-20-40-3/h9-11,14-16,22,24,29,31,33H,4-8,12-13,17-21H2,1-3H3,(H,34,35)(H,36,37). The Kier molecular flexibility index (Phi) is 13.2. The van der Waals surface area contributed by atoms with E-state index in [1.807, 2.05) is 44.4 Å². The quantitative estimate of drug-likeness (QED) is 0.205. The van der Waals surface area contributed by atoms with Crippen LogP contribution in [0.3, 0.4) is 0 Å². The van der Waals surface area contributed by atoms with Crippen molar-refractivity contribution in [1.29, 1.82) is 0 Å². The van der Waals surface area contributed by atoms with Gasteiger partial charge in [-0.15, -0.1) is 0 Å². The molecule has 1 fully saturated rings. The molecule has 2 unspecified atom stereocenters. The third-order valence-corrected chi connectivity index (χ3v) is 10.6. The summed E-state index contributed by atoms with van der Waals surface area (Å²) in [5.41, 5.74) is 3.26. The van der Waals surface area contributed by atoms with Crippen LogP contribution in [0, 0.1) is 12.8 Å². The Morgan fingerprint density at radius 1 is 1.07 bits per heavy atom. The van der Waals surface area contributed by atoms with Crippen molar-refractivity contribution in [3.63, 3.8) is 0 Å². The maximum Gasteiger partial charge on any atom is 0.326 e. The van der Waals surface area contributed by atoms with Crippen molar-refractivity contribution in [3.05, 3.63) is 59.2 Å². The van der Waals surface area contributed by atoms with Crippen LogP contribution >= 0.6 is 11.8 Å². The minimum absolute atomic E-state index is 0.0856. The minimum Gasteiger partial charge on any atom is -0.480 e. The van der Waals surface area contributed by atoms with Gasteiger partial charge in [0.05, 0.1) is 5.75 Å². The molecule has 2 aromatic carbocycles. The number of rotatable bonds is 16. The van der Waals surface area contributed by atoms with Crippen molar-refractivity contribution in [2.45, 2.75) is 83.1 Å². The second-order valence-corrected chi connectivity index (χ2v) is 14.3. The fourth-order valence-corrected chi connectivity index (χ4v) is 7.89. The summed E-state index contributed by atoms with van der Waals surface area (Å²) in [6.45, 7) is 4.53. The summed E-state index contributed by atoms with van der Waals surface area (Å²) in [6.07, 6.45) is 10.7. The highest BCUT2D eigenvalue weighted by molar-refractivity contribution is 7.98. The summed E-state index contributed by atoms with van der Waals surface area (Å²) in [4.78, 5) is 25.3. The van der Waals surface area contributed by atoms with Gasteiger partial charge < -0.3 is 10.4 Å². The summed E-state index contributed by atoms with van der Waals surface area (Å²) in [5, 5.41) is 14.9. The second-order valence-electron chi connectivity index (χ2n) is 11.1. The monoisotopic (exact) mass is 602 g/mol. The molecule has 0 aromatic heterocycles. The average Bonchev–Trinajstić information content (AvgIpc) is 2.96. The molecule has 3 N–H and O–H groups in total. The fraction of sp³-hybridized carbons (Fsp3) is 0.562. The first-order valence-corrected chi connectivity index (χ1v) is 18.0. The number of unbranched alkanes of at least 4 members (excludes halogenated alkanes) is 1. The Labute approximate surface area is 250 Å². The van der Waals surface area contributed by atoms with E-state index in [1.54, 1.807) is 18.2 Å². The fourth-order valence-electron chi connectivity index (χ4n) is 5.56. The Bertz CT molecular complexity index is 1260. The van der Waals surface area contributed by atoms with Gasteiger partial charge in [0, 0.05) is 5.56 Å². The average molecular weight is 603 g/mol. The van der Waals surface area contributed by atoms with E-state index < -0.39 is 33.1 Å². The van der Waals surface area contributed by atoms with Crippen molar-refractivity contribution in [1.82, 2.24) is 10.6 Å². The molecule has 41 heavy (non-hydrogen) atoms. The van der Waals surface area contributed by atoms with Gasteiger partial charge in [-0.25, -0.2) is 13.2 Å². The lowest BCUT2D eigenvalue weighted by atomic mass is 9.87. The maximum absolute atomic E-state index is 13.6.